The van der Waals surface area contributed by atoms with Gasteiger partial charge in [-0.15, -0.1) is 0 Å². The molecule has 2 amide bonds. The first kappa shape index (κ1) is 34.5. The predicted molar refractivity (Wildman–Crippen MR) is 156 cm³/mol. The van der Waals surface area contributed by atoms with Crippen LogP contribution in [0, 0.1) is 23.0 Å². The minimum atomic E-state index is -4.26. The topological polar surface area (TPSA) is 84.9 Å². The fraction of sp³-hybridized carbons (Fsp3) is 0.533. The quantitative estimate of drug-likeness (QED) is 0.265. The number of hydrogen-bond acceptors (Lipinski definition) is 5. The number of nitrogens with zero attached hydrogens (tertiary/aromatic N) is 2. The molecule has 0 unspecified atom stereocenters. The van der Waals surface area contributed by atoms with Crippen LogP contribution in [0.15, 0.2) is 30.3 Å². The molecule has 3 N–H and O–H groups in total. The summed E-state index contributed by atoms with van der Waals surface area (Å²) in [6.07, 6.45) is -4.51. The number of piperazine rings is 1. The summed E-state index contributed by atoms with van der Waals surface area (Å²) in [5.41, 5.74) is -1.06. The number of rotatable bonds is 11. The van der Waals surface area contributed by atoms with E-state index in [1.165, 1.54) is 32.0 Å². The van der Waals surface area contributed by atoms with E-state index in [0.717, 1.165) is 6.07 Å². The molecule has 238 valence electrons. The van der Waals surface area contributed by atoms with Crippen LogP contribution in [0.25, 0.3) is 0 Å². The molecule has 13 heteroatoms. The molecular weight excluding hydrogens is 595 g/mol. The molecule has 2 aromatic rings. The van der Waals surface area contributed by atoms with E-state index in [1.807, 2.05) is 23.6 Å². The average molecular weight is 633 g/mol. The van der Waals surface area contributed by atoms with Crippen LogP contribution < -0.4 is 15.5 Å². The lowest BCUT2D eigenvalue weighted by atomic mass is 9.93. The first-order valence-electron chi connectivity index (χ1n) is 14.0. The van der Waals surface area contributed by atoms with E-state index in [1.54, 1.807) is 6.07 Å². The van der Waals surface area contributed by atoms with E-state index < -0.39 is 53.6 Å². The van der Waals surface area contributed by atoms with Crippen molar-refractivity contribution in [3.05, 3.63) is 58.1 Å². The standard InChI is InChI=1S/C30H38ClF5N4O3/c1-18(2)13-21-16-40(12-11-39(21)10-9-30(34,35)36)24-14-20(31)6-8-23(24)38-27(42)22-7-5-19(25(32)26(22)33)15-37-28(43)29(3,4)17-41/h5-8,14,18,21,41H,9-13,15-17H2,1-4H3,(H,37,43)(H,38,42)/t21-/m0/s1. The third-order valence-corrected chi connectivity index (χ3v) is 7.67. The molecule has 3 rings (SSSR count). The van der Waals surface area contributed by atoms with E-state index in [4.69, 9.17) is 11.6 Å². The first-order chi connectivity index (χ1) is 20.0. The zero-order valence-electron chi connectivity index (χ0n) is 24.6. The van der Waals surface area contributed by atoms with Gasteiger partial charge in [-0.05, 0) is 50.5 Å². The zero-order chi connectivity index (χ0) is 32.1. The maximum absolute atomic E-state index is 15.0. The Morgan fingerprint density at radius 3 is 2.42 bits per heavy atom. The van der Waals surface area contributed by atoms with Gasteiger partial charge in [0.2, 0.25) is 5.91 Å². The molecule has 43 heavy (non-hydrogen) atoms. The molecule has 1 saturated heterocycles. The van der Waals surface area contributed by atoms with E-state index in [9.17, 15) is 32.3 Å². The van der Waals surface area contributed by atoms with Crippen LogP contribution >= 0.6 is 11.6 Å². The second kappa shape index (κ2) is 14.2. The highest BCUT2D eigenvalue weighted by Gasteiger charge is 2.34. The number of carbonyl (C=O) groups is 2. The van der Waals surface area contributed by atoms with Gasteiger partial charge in [-0.2, -0.15) is 13.2 Å². The third kappa shape index (κ3) is 9.26. The fourth-order valence-corrected chi connectivity index (χ4v) is 5.06. The molecule has 1 heterocycles. The van der Waals surface area contributed by atoms with Crippen LogP contribution in [0.4, 0.5) is 33.3 Å². The number of hydrogen-bond donors (Lipinski definition) is 3. The summed E-state index contributed by atoms with van der Waals surface area (Å²) in [6.45, 7) is 7.20. The third-order valence-electron chi connectivity index (χ3n) is 7.44. The van der Waals surface area contributed by atoms with Crippen molar-refractivity contribution in [2.45, 2.75) is 59.3 Å². The molecule has 0 saturated carbocycles. The Morgan fingerprint density at radius 1 is 1.09 bits per heavy atom. The number of nitrogens with one attached hydrogen (secondary N) is 2. The number of benzene rings is 2. The van der Waals surface area contributed by atoms with Gasteiger partial charge in [0.1, 0.15) is 0 Å². The summed E-state index contributed by atoms with van der Waals surface area (Å²) >= 11 is 6.26. The van der Waals surface area contributed by atoms with Crippen LogP contribution in [0.5, 0.6) is 0 Å². The first-order valence-corrected chi connectivity index (χ1v) is 14.4. The smallest absolute Gasteiger partial charge is 0.390 e. The fourth-order valence-electron chi connectivity index (χ4n) is 4.89. The van der Waals surface area contributed by atoms with Crippen LogP contribution in [-0.2, 0) is 11.3 Å². The highest BCUT2D eigenvalue weighted by Crippen LogP contribution is 2.33. The Labute approximate surface area is 253 Å². The number of aliphatic hydroxyl groups is 1. The lowest BCUT2D eigenvalue weighted by Gasteiger charge is -2.43. The van der Waals surface area contributed by atoms with Gasteiger partial charge in [0.25, 0.3) is 5.91 Å². The van der Waals surface area contributed by atoms with E-state index in [2.05, 4.69) is 10.6 Å². The SMILES string of the molecule is CC(C)C[C@H]1CN(c2cc(Cl)ccc2NC(=O)c2ccc(CNC(=O)C(C)(C)CO)c(F)c2F)CCN1CCC(F)(F)F. The van der Waals surface area contributed by atoms with Gasteiger partial charge in [0, 0.05) is 49.4 Å². The lowest BCUT2D eigenvalue weighted by molar-refractivity contribution is -0.139. The van der Waals surface area contributed by atoms with Crippen molar-refractivity contribution in [1.82, 2.24) is 10.2 Å². The predicted octanol–water partition coefficient (Wildman–Crippen LogP) is 5.99. The molecule has 0 aliphatic carbocycles. The molecule has 1 aliphatic rings. The van der Waals surface area contributed by atoms with Crippen molar-refractivity contribution >= 4 is 34.8 Å². The highest BCUT2D eigenvalue weighted by molar-refractivity contribution is 6.31. The Balaban J connectivity index is 1.79. The van der Waals surface area contributed by atoms with Gasteiger partial charge in [-0.1, -0.05) is 31.5 Å². The number of amides is 2. The highest BCUT2D eigenvalue weighted by atomic mass is 35.5. The monoisotopic (exact) mass is 632 g/mol. The van der Waals surface area contributed by atoms with Crippen LogP contribution in [0.1, 0.15) is 56.5 Å². The molecule has 0 aromatic heterocycles. The second-order valence-electron chi connectivity index (χ2n) is 11.9. The minimum absolute atomic E-state index is 0.114. The molecule has 0 radical (unpaired) electrons. The van der Waals surface area contributed by atoms with E-state index >= 15 is 4.39 Å². The van der Waals surface area contributed by atoms with Crippen molar-refractivity contribution in [1.29, 1.82) is 0 Å². The molecule has 2 aromatic carbocycles. The van der Waals surface area contributed by atoms with Crippen LogP contribution in [-0.4, -0.2) is 66.8 Å². The van der Waals surface area contributed by atoms with Crippen LogP contribution in [0.3, 0.4) is 0 Å². The van der Waals surface area contributed by atoms with Crippen molar-refractivity contribution < 1.29 is 36.6 Å². The molecule has 1 fully saturated rings. The molecule has 0 spiro atoms. The van der Waals surface area contributed by atoms with E-state index in [-0.39, 0.29) is 36.3 Å². The maximum atomic E-state index is 15.0. The summed E-state index contributed by atoms with van der Waals surface area (Å²) in [5.74, 6) is -3.93. The number of alkyl halides is 3. The van der Waals surface area contributed by atoms with Crippen molar-refractivity contribution in [2.75, 3.05) is 43.0 Å². The Bertz CT molecular complexity index is 1310. The molecule has 0 bridgehead atoms. The number of halogens is 6. The number of aliphatic hydroxyl groups excluding tert-OH is 1. The van der Waals surface area contributed by atoms with Gasteiger partial charge in [-0.25, -0.2) is 8.78 Å². The van der Waals surface area contributed by atoms with Gasteiger partial charge < -0.3 is 20.6 Å². The summed E-state index contributed by atoms with van der Waals surface area (Å²) < 4.78 is 68.7. The minimum Gasteiger partial charge on any atom is -0.395 e. The van der Waals surface area contributed by atoms with Gasteiger partial charge in [0.15, 0.2) is 11.6 Å². The summed E-state index contributed by atoms with van der Waals surface area (Å²) in [6, 6.07) is 6.80. The van der Waals surface area contributed by atoms with Crippen LogP contribution in [0.2, 0.25) is 5.02 Å². The number of anilines is 2. The Hall–Kier alpha value is -2.96. The lowest BCUT2D eigenvalue weighted by Crippen LogP contribution is -2.54. The zero-order valence-corrected chi connectivity index (χ0v) is 25.4. The molecular formula is C30H38ClF5N4O3. The van der Waals surface area contributed by atoms with E-state index in [0.29, 0.717) is 36.8 Å². The molecule has 1 aliphatic heterocycles. The van der Waals surface area contributed by atoms with Crippen molar-refractivity contribution in [3.63, 3.8) is 0 Å². The normalized spacial score (nSPS) is 16.5. The Kier molecular flexibility index (Phi) is 11.4. The van der Waals surface area contributed by atoms with Gasteiger partial charge in [0.05, 0.1) is 35.4 Å². The molecule has 1 atom stereocenters. The number of carbonyl (C=O) groups excluding carboxylic acids is 2. The Morgan fingerprint density at radius 2 is 1.79 bits per heavy atom. The summed E-state index contributed by atoms with van der Waals surface area (Å²) in [7, 11) is 0. The van der Waals surface area contributed by atoms with Crippen molar-refractivity contribution in [3.8, 4) is 0 Å². The van der Waals surface area contributed by atoms with Gasteiger partial charge in [-0.3, -0.25) is 14.5 Å². The van der Waals surface area contributed by atoms with Gasteiger partial charge >= 0.3 is 6.18 Å². The van der Waals surface area contributed by atoms with Crippen molar-refractivity contribution in [2.24, 2.45) is 11.3 Å². The maximum Gasteiger partial charge on any atom is 0.390 e. The second-order valence-corrected chi connectivity index (χ2v) is 12.3. The summed E-state index contributed by atoms with van der Waals surface area (Å²) in [5, 5.41) is 14.7. The average Bonchev–Trinajstić information content (AvgIpc) is 2.93. The summed E-state index contributed by atoms with van der Waals surface area (Å²) in [4.78, 5) is 29.1. The largest absolute Gasteiger partial charge is 0.395 e. The molecule has 7 nitrogen and oxygen atoms in total.